The fourth-order valence-electron chi connectivity index (χ4n) is 2.35. The van der Waals surface area contributed by atoms with Crippen LogP contribution in [0.5, 0.6) is 0 Å². The summed E-state index contributed by atoms with van der Waals surface area (Å²) in [7, 11) is 0. The Balaban J connectivity index is 1.77. The Morgan fingerprint density at radius 3 is 2.88 bits per heavy atom. The molecule has 0 saturated heterocycles. The first kappa shape index (κ1) is 17.9. The highest BCUT2D eigenvalue weighted by molar-refractivity contribution is 7.98. The monoisotopic (exact) mass is 370 g/mol. The van der Waals surface area contributed by atoms with Crippen LogP contribution < -0.4 is 10.9 Å². The molecule has 26 heavy (non-hydrogen) atoms. The van der Waals surface area contributed by atoms with Gasteiger partial charge in [0.2, 0.25) is 5.91 Å². The summed E-state index contributed by atoms with van der Waals surface area (Å²) in [6.45, 7) is 1.82. The van der Waals surface area contributed by atoms with Crippen LogP contribution in [-0.4, -0.2) is 26.9 Å². The van der Waals surface area contributed by atoms with Gasteiger partial charge in [-0.15, -0.1) is 11.8 Å². The molecular formula is C18H18N4O3S. The number of aryl methyl sites for hydroxylation is 1. The number of hydrogen-bond donors (Lipinski definition) is 1. The average molecular weight is 370 g/mol. The second kappa shape index (κ2) is 8.01. The van der Waals surface area contributed by atoms with E-state index in [-0.39, 0.29) is 18.0 Å². The predicted molar refractivity (Wildman–Crippen MR) is 100 cm³/mol. The number of amides is 1. The molecule has 1 N–H and O–H groups in total. The van der Waals surface area contributed by atoms with Gasteiger partial charge < -0.3 is 14.4 Å². The van der Waals surface area contributed by atoms with Gasteiger partial charge in [-0.2, -0.15) is 4.98 Å². The van der Waals surface area contributed by atoms with Crippen LogP contribution in [0.25, 0.3) is 11.5 Å². The molecule has 0 atom stereocenters. The maximum atomic E-state index is 12.3. The summed E-state index contributed by atoms with van der Waals surface area (Å²) in [4.78, 5) is 29.7. The minimum atomic E-state index is -0.290. The van der Waals surface area contributed by atoms with E-state index >= 15 is 0 Å². The van der Waals surface area contributed by atoms with E-state index in [4.69, 9.17) is 4.52 Å². The lowest BCUT2D eigenvalue weighted by Gasteiger charge is -2.09. The van der Waals surface area contributed by atoms with E-state index in [1.54, 1.807) is 24.0 Å². The molecule has 8 heteroatoms. The molecule has 134 valence electrons. The first-order chi connectivity index (χ1) is 12.6. The Morgan fingerprint density at radius 1 is 1.31 bits per heavy atom. The average Bonchev–Trinajstić information content (AvgIpc) is 3.13. The van der Waals surface area contributed by atoms with Crippen LogP contribution in [0.3, 0.4) is 0 Å². The van der Waals surface area contributed by atoms with Gasteiger partial charge in [-0.3, -0.25) is 9.59 Å². The van der Waals surface area contributed by atoms with E-state index in [0.29, 0.717) is 29.4 Å². The Kier molecular flexibility index (Phi) is 5.52. The molecule has 2 aromatic heterocycles. The van der Waals surface area contributed by atoms with Crippen molar-refractivity contribution < 1.29 is 9.32 Å². The van der Waals surface area contributed by atoms with E-state index in [9.17, 15) is 9.59 Å². The predicted octanol–water partition coefficient (Wildman–Crippen LogP) is 2.82. The SMILES string of the molecule is CCc1noc(-c2ccc(=O)n(CC(=O)Nc3cccc(SC)c3)c2)n1. The van der Waals surface area contributed by atoms with Crippen molar-refractivity contribution in [2.75, 3.05) is 11.6 Å². The van der Waals surface area contributed by atoms with Crippen molar-refractivity contribution in [2.45, 2.75) is 24.8 Å². The maximum absolute atomic E-state index is 12.3. The summed E-state index contributed by atoms with van der Waals surface area (Å²) >= 11 is 1.59. The number of carbonyl (C=O) groups is 1. The van der Waals surface area contributed by atoms with E-state index < -0.39 is 0 Å². The second-order valence-corrected chi connectivity index (χ2v) is 6.41. The van der Waals surface area contributed by atoms with E-state index in [1.807, 2.05) is 37.4 Å². The summed E-state index contributed by atoms with van der Waals surface area (Å²) < 4.78 is 6.50. The summed E-state index contributed by atoms with van der Waals surface area (Å²) in [6, 6.07) is 10.5. The zero-order valence-electron chi connectivity index (χ0n) is 14.4. The standard InChI is InChI=1S/C18H18N4O3S/c1-3-15-20-18(25-21-15)12-7-8-17(24)22(10-12)11-16(23)19-13-5-4-6-14(9-13)26-2/h4-10H,3,11H2,1-2H3,(H,19,23). The molecule has 0 unspecified atom stereocenters. The third-order valence-electron chi connectivity index (χ3n) is 3.68. The highest BCUT2D eigenvalue weighted by Crippen LogP contribution is 2.19. The van der Waals surface area contributed by atoms with E-state index in [2.05, 4.69) is 15.5 Å². The fraction of sp³-hybridized carbons (Fsp3) is 0.222. The van der Waals surface area contributed by atoms with Gasteiger partial charge in [0.1, 0.15) is 6.54 Å². The highest BCUT2D eigenvalue weighted by atomic mass is 32.2. The van der Waals surface area contributed by atoms with Gasteiger partial charge >= 0.3 is 0 Å². The van der Waals surface area contributed by atoms with Crippen LogP contribution in [0, 0.1) is 0 Å². The van der Waals surface area contributed by atoms with Crippen LogP contribution in [0.15, 0.2) is 56.8 Å². The number of pyridine rings is 1. The summed E-state index contributed by atoms with van der Waals surface area (Å²) in [5.41, 5.74) is 1.00. The number of carbonyl (C=O) groups excluding carboxylic acids is 1. The first-order valence-electron chi connectivity index (χ1n) is 8.06. The molecule has 0 aliphatic heterocycles. The number of nitrogens with zero attached hydrogens (tertiary/aromatic N) is 3. The van der Waals surface area contributed by atoms with E-state index in [0.717, 1.165) is 4.90 Å². The molecule has 0 spiro atoms. The summed E-state index contributed by atoms with van der Waals surface area (Å²) in [5.74, 6) is 0.620. The number of nitrogens with one attached hydrogen (secondary N) is 1. The molecule has 3 rings (SSSR count). The van der Waals surface area contributed by atoms with Crippen molar-refractivity contribution >= 4 is 23.4 Å². The van der Waals surface area contributed by atoms with Crippen LogP contribution in [0.4, 0.5) is 5.69 Å². The van der Waals surface area contributed by atoms with Crippen molar-refractivity contribution in [3.8, 4) is 11.5 Å². The van der Waals surface area contributed by atoms with Gasteiger partial charge in [-0.25, -0.2) is 0 Å². The molecule has 0 radical (unpaired) electrons. The molecule has 1 amide bonds. The molecule has 0 aliphatic rings. The topological polar surface area (TPSA) is 90.0 Å². The van der Waals surface area contributed by atoms with Gasteiger partial charge in [0.15, 0.2) is 5.82 Å². The smallest absolute Gasteiger partial charge is 0.259 e. The van der Waals surface area contributed by atoms with Crippen molar-refractivity contribution in [2.24, 2.45) is 0 Å². The lowest BCUT2D eigenvalue weighted by atomic mass is 10.2. The minimum absolute atomic E-state index is 0.106. The summed E-state index contributed by atoms with van der Waals surface area (Å²) in [6.07, 6.45) is 4.17. The number of rotatable bonds is 6. The zero-order chi connectivity index (χ0) is 18.5. The number of thioether (sulfide) groups is 1. The summed E-state index contributed by atoms with van der Waals surface area (Å²) in [5, 5.41) is 6.64. The van der Waals surface area contributed by atoms with Crippen LogP contribution in [0.2, 0.25) is 0 Å². The van der Waals surface area contributed by atoms with Gasteiger partial charge in [-0.05, 0) is 30.5 Å². The third-order valence-corrected chi connectivity index (χ3v) is 4.41. The second-order valence-electron chi connectivity index (χ2n) is 5.53. The molecule has 2 heterocycles. The lowest BCUT2D eigenvalue weighted by Crippen LogP contribution is -2.26. The molecule has 0 aliphatic carbocycles. The van der Waals surface area contributed by atoms with Gasteiger partial charge in [0.05, 0.1) is 5.56 Å². The maximum Gasteiger partial charge on any atom is 0.259 e. The van der Waals surface area contributed by atoms with Crippen molar-refractivity contribution in [3.05, 3.63) is 58.8 Å². The minimum Gasteiger partial charge on any atom is -0.334 e. The van der Waals surface area contributed by atoms with Crippen molar-refractivity contribution in [1.29, 1.82) is 0 Å². The van der Waals surface area contributed by atoms with Crippen LogP contribution in [0.1, 0.15) is 12.7 Å². The number of aromatic nitrogens is 3. The Labute approximate surface area is 154 Å². The number of hydrogen-bond acceptors (Lipinski definition) is 6. The number of benzene rings is 1. The zero-order valence-corrected chi connectivity index (χ0v) is 15.2. The molecule has 1 aromatic carbocycles. The Bertz CT molecular complexity index is 980. The Hall–Kier alpha value is -2.87. The highest BCUT2D eigenvalue weighted by Gasteiger charge is 2.11. The van der Waals surface area contributed by atoms with Crippen LogP contribution in [-0.2, 0) is 17.8 Å². The Morgan fingerprint density at radius 2 is 2.15 bits per heavy atom. The van der Waals surface area contributed by atoms with Gasteiger partial charge in [-0.1, -0.05) is 18.1 Å². The van der Waals surface area contributed by atoms with Gasteiger partial charge in [0, 0.05) is 29.3 Å². The molecule has 7 nitrogen and oxygen atoms in total. The van der Waals surface area contributed by atoms with E-state index in [1.165, 1.54) is 10.6 Å². The lowest BCUT2D eigenvalue weighted by molar-refractivity contribution is -0.116. The molecular weight excluding hydrogens is 352 g/mol. The number of anilines is 1. The molecule has 0 bridgehead atoms. The van der Waals surface area contributed by atoms with Crippen molar-refractivity contribution in [1.82, 2.24) is 14.7 Å². The van der Waals surface area contributed by atoms with Crippen molar-refractivity contribution in [3.63, 3.8) is 0 Å². The molecule has 0 saturated carbocycles. The quantitative estimate of drug-likeness (QED) is 0.671. The van der Waals surface area contributed by atoms with Crippen LogP contribution >= 0.6 is 11.8 Å². The fourth-order valence-corrected chi connectivity index (χ4v) is 2.81. The third kappa shape index (κ3) is 4.20. The molecule has 0 fully saturated rings. The first-order valence-corrected chi connectivity index (χ1v) is 9.29. The largest absolute Gasteiger partial charge is 0.334 e. The van der Waals surface area contributed by atoms with Gasteiger partial charge in [0.25, 0.3) is 11.4 Å². The normalized spacial score (nSPS) is 10.7. The molecule has 3 aromatic rings.